The van der Waals surface area contributed by atoms with Gasteiger partial charge in [0.1, 0.15) is 17.7 Å². The molecule has 0 bridgehead atoms. The fraction of sp³-hybridized carbons (Fsp3) is 0.318. The molecule has 0 fully saturated rings. The molecule has 0 spiro atoms. The second-order valence-electron chi connectivity index (χ2n) is 8.22. The molecule has 0 aliphatic heterocycles. The van der Waals surface area contributed by atoms with Crippen LogP contribution in [0, 0.1) is 10.6 Å². The molecule has 0 aliphatic rings. The van der Waals surface area contributed by atoms with E-state index in [-0.39, 0.29) is 46.9 Å². The van der Waals surface area contributed by atoms with E-state index >= 15 is 4.39 Å². The number of fused-ring (bicyclic) bond motifs is 1. The Hall–Kier alpha value is -3.47. The number of alkyl carbamates (subject to hydrolysis) is 1. The van der Waals surface area contributed by atoms with Crippen LogP contribution in [0.25, 0.3) is 11.0 Å². The van der Waals surface area contributed by atoms with E-state index in [9.17, 15) is 14.0 Å². The van der Waals surface area contributed by atoms with Gasteiger partial charge >= 0.3 is 6.09 Å². The number of carbonyl (C=O) groups excluding carboxylic acids is 1. The monoisotopic (exact) mass is 478 g/mol. The van der Waals surface area contributed by atoms with Crippen LogP contribution in [0.3, 0.4) is 0 Å². The van der Waals surface area contributed by atoms with Crippen molar-refractivity contribution in [3.05, 3.63) is 68.9 Å². The van der Waals surface area contributed by atoms with Crippen molar-refractivity contribution in [3.8, 4) is 5.75 Å². The normalized spacial score (nSPS) is 12.1. The van der Waals surface area contributed by atoms with Gasteiger partial charge in [0, 0.05) is 23.9 Å². The van der Waals surface area contributed by atoms with Crippen molar-refractivity contribution in [1.82, 2.24) is 19.9 Å². The van der Waals surface area contributed by atoms with E-state index in [1.807, 2.05) is 0 Å². The van der Waals surface area contributed by atoms with E-state index in [2.05, 4.69) is 15.3 Å². The fourth-order valence-electron chi connectivity index (χ4n) is 3.01. The maximum Gasteiger partial charge on any atom is 0.407 e. The van der Waals surface area contributed by atoms with Crippen LogP contribution in [0.4, 0.5) is 13.6 Å². The van der Waals surface area contributed by atoms with E-state index < -0.39 is 17.5 Å². The lowest BCUT2D eigenvalue weighted by atomic mass is 10.2. The highest BCUT2D eigenvalue weighted by Crippen LogP contribution is 2.23. The summed E-state index contributed by atoms with van der Waals surface area (Å²) < 4.78 is 40.6. The minimum atomic E-state index is -0.705. The third-order valence-corrected chi connectivity index (χ3v) is 4.83. The summed E-state index contributed by atoms with van der Waals surface area (Å²) in [5.74, 6) is -0.738. The van der Waals surface area contributed by atoms with Crippen LogP contribution < -0.4 is 15.6 Å². The summed E-state index contributed by atoms with van der Waals surface area (Å²) in [5, 5.41) is 2.42. The Balaban J connectivity index is 1.71. The molecule has 0 unspecified atom stereocenters. The summed E-state index contributed by atoms with van der Waals surface area (Å²) in [6.07, 6.45) is 1.18. The molecular weight excluding hydrogens is 454 g/mol. The van der Waals surface area contributed by atoms with Gasteiger partial charge in [0.25, 0.3) is 5.56 Å². The third-order valence-electron chi connectivity index (χ3n) is 4.51. The maximum absolute atomic E-state index is 15.1. The lowest BCUT2D eigenvalue weighted by Gasteiger charge is -2.20. The zero-order valence-corrected chi connectivity index (χ0v) is 19.1. The number of halogens is 2. The van der Waals surface area contributed by atoms with Gasteiger partial charge in [-0.15, -0.1) is 0 Å². The predicted octanol–water partition coefficient (Wildman–Crippen LogP) is 4.33. The number of benzene rings is 1. The molecule has 11 heteroatoms. The smallest absolute Gasteiger partial charge is 0.407 e. The average Bonchev–Trinajstić information content (AvgIpc) is 3.22. The van der Waals surface area contributed by atoms with Gasteiger partial charge in [0.2, 0.25) is 0 Å². The minimum absolute atomic E-state index is 0.0407. The van der Waals surface area contributed by atoms with Crippen LogP contribution >= 0.6 is 12.2 Å². The number of hydrogen-bond acceptors (Lipinski definition) is 5. The number of rotatable bonds is 7. The largest absolute Gasteiger partial charge is 0.486 e. The lowest BCUT2D eigenvalue weighted by Crippen LogP contribution is -2.34. The molecule has 3 N–H and O–H groups in total. The Morgan fingerprint density at radius 2 is 2.06 bits per heavy atom. The number of nitrogens with zero attached hydrogens (tertiary/aromatic N) is 1. The first-order valence-electron chi connectivity index (χ1n) is 10.0. The molecule has 1 amide bonds. The molecule has 0 radical (unpaired) electrons. The zero-order chi connectivity index (χ0) is 24.2. The summed E-state index contributed by atoms with van der Waals surface area (Å²) in [4.78, 5) is 29.1. The maximum atomic E-state index is 15.1. The van der Waals surface area contributed by atoms with E-state index in [0.29, 0.717) is 17.4 Å². The summed E-state index contributed by atoms with van der Waals surface area (Å²) >= 11 is 5.24. The highest BCUT2D eigenvalue weighted by molar-refractivity contribution is 7.71. The van der Waals surface area contributed by atoms with Crippen LogP contribution in [0.5, 0.6) is 5.75 Å². The van der Waals surface area contributed by atoms with Crippen molar-refractivity contribution < 1.29 is 23.0 Å². The molecular formula is C22H24F2N4O4S. The van der Waals surface area contributed by atoms with Gasteiger partial charge < -0.3 is 24.3 Å². The van der Waals surface area contributed by atoms with Crippen molar-refractivity contribution in [2.45, 2.75) is 32.9 Å². The van der Waals surface area contributed by atoms with Crippen molar-refractivity contribution in [2.75, 3.05) is 13.2 Å². The first-order valence-corrected chi connectivity index (χ1v) is 10.4. The molecule has 33 heavy (non-hydrogen) atoms. The summed E-state index contributed by atoms with van der Waals surface area (Å²) in [6, 6.07) is 6.24. The Bertz CT molecular complexity index is 1300. The number of ether oxygens (including phenoxy) is 2. The van der Waals surface area contributed by atoms with E-state index in [1.165, 1.54) is 6.07 Å². The van der Waals surface area contributed by atoms with Gasteiger partial charge in [-0.05, 0) is 45.1 Å². The summed E-state index contributed by atoms with van der Waals surface area (Å²) in [7, 11) is 0. The number of hydrogen-bond donors (Lipinski definition) is 3. The quantitative estimate of drug-likeness (QED) is 0.439. The van der Waals surface area contributed by atoms with E-state index in [0.717, 1.165) is 0 Å². The number of H-pyrrole nitrogens is 2. The van der Waals surface area contributed by atoms with Crippen LogP contribution in [0.2, 0.25) is 0 Å². The molecule has 0 aliphatic carbocycles. The predicted molar refractivity (Wildman–Crippen MR) is 122 cm³/mol. The molecule has 3 aromatic rings. The third kappa shape index (κ3) is 6.07. The Kier molecular flexibility index (Phi) is 7.32. The lowest BCUT2D eigenvalue weighted by molar-refractivity contribution is 0.0531. The second kappa shape index (κ2) is 9.99. The Morgan fingerprint density at radius 1 is 1.30 bits per heavy atom. The van der Waals surface area contributed by atoms with Crippen LogP contribution in [0.1, 0.15) is 26.3 Å². The first kappa shape index (κ1) is 24.2. The van der Waals surface area contributed by atoms with Crippen molar-refractivity contribution >= 4 is 29.3 Å². The van der Waals surface area contributed by atoms with Gasteiger partial charge in [-0.3, -0.25) is 9.78 Å². The zero-order valence-electron chi connectivity index (χ0n) is 18.3. The Morgan fingerprint density at radius 3 is 2.76 bits per heavy atom. The van der Waals surface area contributed by atoms with Crippen LogP contribution in [-0.2, 0) is 11.3 Å². The highest BCUT2D eigenvalue weighted by Gasteiger charge is 2.17. The summed E-state index contributed by atoms with van der Waals surface area (Å²) in [5.41, 5.74) is 0.152. The number of nitrogens with one attached hydrogen (secondary N) is 3. The molecule has 8 nitrogen and oxygen atoms in total. The van der Waals surface area contributed by atoms with Gasteiger partial charge in [-0.25, -0.2) is 13.6 Å². The van der Waals surface area contributed by atoms with Crippen LogP contribution in [0.15, 0.2) is 47.2 Å². The van der Waals surface area contributed by atoms with Crippen molar-refractivity contribution in [3.63, 3.8) is 0 Å². The molecule has 176 valence electrons. The molecule has 3 rings (SSSR count). The average molecular weight is 479 g/mol. The Labute approximate surface area is 193 Å². The van der Waals surface area contributed by atoms with E-state index in [4.69, 9.17) is 21.7 Å². The fourth-order valence-corrected chi connectivity index (χ4v) is 3.27. The number of aromatic nitrogens is 3. The SMILES string of the molecule is CC(C)(C)OC(=O)NC/C(=C\F)COc1cccc(Cn2c(=S)[nH]c(=O)c3[nH]ccc32)c1F. The van der Waals surface area contributed by atoms with E-state index in [1.54, 1.807) is 49.7 Å². The van der Waals surface area contributed by atoms with Gasteiger partial charge in [-0.2, -0.15) is 0 Å². The van der Waals surface area contributed by atoms with Gasteiger partial charge in [0.05, 0.1) is 18.4 Å². The van der Waals surface area contributed by atoms with Crippen LogP contribution in [-0.4, -0.2) is 39.4 Å². The van der Waals surface area contributed by atoms with Gasteiger partial charge in [-0.1, -0.05) is 12.1 Å². The highest BCUT2D eigenvalue weighted by atomic mass is 32.1. The molecule has 0 atom stereocenters. The molecule has 0 saturated heterocycles. The first-order chi connectivity index (χ1) is 15.6. The summed E-state index contributed by atoms with van der Waals surface area (Å²) in [6.45, 7) is 4.72. The second-order valence-corrected chi connectivity index (χ2v) is 8.61. The molecule has 2 heterocycles. The molecule has 1 aromatic carbocycles. The number of aromatic amines is 2. The molecule has 2 aromatic heterocycles. The number of carbonyl (C=O) groups is 1. The topological polar surface area (TPSA) is 101 Å². The van der Waals surface area contributed by atoms with Gasteiger partial charge in [0.15, 0.2) is 16.3 Å². The molecule has 0 saturated carbocycles. The minimum Gasteiger partial charge on any atom is -0.486 e. The standard InChI is InChI=1S/C22H24F2N4O4S/c1-22(2,3)32-21(30)26-10-13(9-23)12-31-16-6-4-5-14(17(16)24)11-28-15-7-8-25-18(15)19(29)27-20(28)33/h4-9,25H,10-12H2,1-3H3,(H,26,30)(H,27,29,33)/b13-9+. The van der Waals surface area contributed by atoms with Crippen molar-refractivity contribution in [1.29, 1.82) is 0 Å². The van der Waals surface area contributed by atoms with Crippen molar-refractivity contribution in [2.24, 2.45) is 0 Å². The number of amides is 1.